The van der Waals surface area contributed by atoms with Gasteiger partial charge >= 0.3 is 0 Å². The molecule has 26 heavy (non-hydrogen) atoms. The third kappa shape index (κ3) is 4.72. The summed E-state index contributed by atoms with van der Waals surface area (Å²) >= 11 is 13.7. The van der Waals surface area contributed by atoms with E-state index in [2.05, 4.69) is 27.8 Å². The van der Waals surface area contributed by atoms with Crippen LogP contribution in [-0.2, 0) is 12.3 Å². The molecule has 7 heteroatoms. The largest absolute Gasteiger partial charge is 0.483 e. The molecule has 136 valence electrons. The van der Waals surface area contributed by atoms with Gasteiger partial charge in [-0.15, -0.1) is 10.2 Å². The highest BCUT2D eigenvalue weighted by atomic mass is 35.5. The summed E-state index contributed by atoms with van der Waals surface area (Å²) in [7, 11) is 0. The van der Waals surface area contributed by atoms with Crippen LogP contribution in [0.15, 0.2) is 53.7 Å². The zero-order valence-corrected chi connectivity index (χ0v) is 16.9. The molecule has 0 N–H and O–H groups in total. The van der Waals surface area contributed by atoms with Crippen molar-refractivity contribution >= 4 is 35.0 Å². The Kier molecular flexibility index (Phi) is 6.46. The van der Waals surface area contributed by atoms with Crippen LogP contribution in [-0.4, -0.2) is 14.8 Å². The zero-order chi connectivity index (χ0) is 18.5. The molecule has 1 unspecified atom stereocenters. The highest BCUT2D eigenvalue weighted by molar-refractivity contribution is 7.98. The summed E-state index contributed by atoms with van der Waals surface area (Å²) in [4.78, 5) is 0. The van der Waals surface area contributed by atoms with Gasteiger partial charge < -0.3 is 9.30 Å². The molecule has 2 aromatic carbocycles. The molecule has 0 aliphatic rings. The van der Waals surface area contributed by atoms with Crippen molar-refractivity contribution < 1.29 is 4.74 Å². The minimum Gasteiger partial charge on any atom is -0.483 e. The fourth-order valence-electron chi connectivity index (χ4n) is 2.58. The molecule has 0 fully saturated rings. The smallest absolute Gasteiger partial charge is 0.191 e. The molecule has 0 aliphatic carbocycles. The summed E-state index contributed by atoms with van der Waals surface area (Å²) < 4.78 is 8.05. The van der Waals surface area contributed by atoms with Crippen molar-refractivity contribution in [2.24, 2.45) is 0 Å². The van der Waals surface area contributed by atoms with E-state index in [0.717, 1.165) is 33.9 Å². The molecule has 1 heterocycles. The van der Waals surface area contributed by atoms with Crippen LogP contribution in [0, 0.1) is 0 Å². The number of aromatic nitrogens is 3. The van der Waals surface area contributed by atoms with E-state index in [1.807, 2.05) is 43.3 Å². The van der Waals surface area contributed by atoms with Crippen molar-refractivity contribution in [2.75, 3.05) is 0 Å². The first kappa shape index (κ1) is 19.1. The van der Waals surface area contributed by atoms with Gasteiger partial charge in [-0.1, -0.05) is 53.2 Å². The van der Waals surface area contributed by atoms with Gasteiger partial charge in [0.05, 0.1) is 0 Å². The second-order valence-electron chi connectivity index (χ2n) is 5.72. The van der Waals surface area contributed by atoms with Crippen LogP contribution < -0.4 is 4.74 Å². The Morgan fingerprint density at radius 3 is 2.50 bits per heavy atom. The molecule has 0 radical (unpaired) electrons. The van der Waals surface area contributed by atoms with Crippen LogP contribution in [0.2, 0.25) is 10.0 Å². The topological polar surface area (TPSA) is 39.9 Å². The monoisotopic (exact) mass is 407 g/mol. The molecule has 1 aromatic heterocycles. The Morgan fingerprint density at radius 2 is 1.81 bits per heavy atom. The van der Waals surface area contributed by atoms with Gasteiger partial charge in [-0.25, -0.2) is 0 Å². The van der Waals surface area contributed by atoms with Gasteiger partial charge in [0.15, 0.2) is 17.1 Å². The Hall–Kier alpha value is -1.69. The normalized spacial score (nSPS) is 12.2. The lowest BCUT2D eigenvalue weighted by Gasteiger charge is -2.15. The minimum atomic E-state index is -0.235. The zero-order valence-electron chi connectivity index (χ0n) is 14.5. The van der Waals surface area contributed by atoms with E-state index in [0.29, 0.717) is 10.8 Å². The van der Waals surface area contributed by atoms with Crippen LogP contribution in [0.5, 0.6) is 5.75 Å². The summed E-state index contributed by atoms with van der Waals surface area (Å²) in [6.45, 7) is 4.80. The summed E-state index contributed by atoms with van der Waals surface area (Å²) in [6.07, 6.45) is -0.235. The van der Waals surface area contributed by atoms with E-state index in [4.69, 9.17) is 27.9 Å². The maximum atomic E-state index is 6.05. The average molecular weight is 408 g/mol. The van der Waals surface area contributed by atoms with Gasteiger partial charge in [-0.05, 0) is 49.7 Å². The number of nitrogens with zero attached hydrogens (tertiary/aromatic N) is 3. The minimum absolute atomic E-state index is 0.235. The van der Waals surface area contributed by atoms with Gasteiger partial charge in [-0.2, -0.15) is 0 Å². The van der Waals surface area contributed by atoms with Gasteiger partial charge in [0.1, 0.15) is 5.75 Å². The first-order chi connectivity index (χ1) is 12.6. The Balaban J connectivity index is 1.72. The van der Waals surface area contributed by atoms with E-state index < -0.39 is 0 Å². The summed E-state index contributed by atoms with van der Waals surface area (Å²) in [6, 6.07) is 15.2. The molecular formula is C19H19Cl2N3OS. The van der Waals surface area contributed by atoms with Crippen LogP contribution in [0.25, 0.3) is 0 Å². The summed E-state index contributed by atoms with van der Waals surface area (Å²) in [5.41, 5.74) is 1.15. The SMILES string of the molecule is CCn1c(SCc2cccc(Cl)c2)nnc1C(C)Oc1cccc(Cl)c1. The molecule has 3 aromatic rings. The average Bonchev–Trinajstić information content (AvgIpc) is 3.03. The Labute approximate surface area is 167 Å². The van der Waals surface area contributed by atoms with E-state index in [1.54, 1.807) is 17.8 Å². The van der Waals surface area contributed by atoms with Gasteiger partial charge in [0.25, 0.3) is 0 Å². The predicted octanol–water partition coefficient (Wildman–Crippen LogP) is 6.04. The third-order valence-electron chi connectivity index (χ3n) is 3.79. The van der Waals surface area contributed by atoms with Crippen LogP contribution >= 0.6 is 35.0 Å². The lowest BCUT2D eigenvalue weighted by atomic mass is 10.2. The van der Waals surface area contributed by atoms with Crippen molar-refractivity contribution in [1.29, 1.82) is 0 Å². The maximum absolute atomic E-state index is 6.05. The molecule has 0 saturated heterocycles. The molecular weight excluding hydrogens is 389 g/mol. The van der Waals surface area contributed by atoms with Crippen molar-refractivity contribution in [3.05, 3.63) is 70.0 Å². The van der Waals surface area contributed by atoms with E-state index in [1.165, 1.54) is 0 Å². The number of thioether (sulfide) groups is 1. The van der Waals surface area contributed by atoms with Crippen LogP contribution in [0.4, 0.5) is 0 Å². The van der Waals surface area contributed by atoms with Crippen LogP contribution in [0.1, 0.15) is 31.3 Å². The number of halogens is 2. The number of hydrogen-bond acceptors (Lipinski definition) is 4. The first-order valence-corrected chi connectivity index (χ1v) is 10.0. The van der Waals surface area contributed by atoms with Crippen molar-refractivity contribution in [3.8, 4) is 5.75 Å². The first-order valence-electron chi connectivity index (χ1n) is 8.29. The lowest BCUT2D eigenvalue weighted by molar-refractivity contribution is 0.210. The molecule has 3 rings (SSSR count). The van der Waals surface area contributed by atoms with Gasteiger partial charge in [0.2, 0.25) is 0 Å². The Morgan fingerprint density at radius 1 is 1.08 bits per heavy atom. The van der Waals surface area contributed by atoms with E-state index in [-0.39, 0.29) is 6.10 Å². The lowest BCUT2D eigenvalue weighted by Crippen LogP contribution is -2.12. The van der Waals surface area contributed by atoms with Gasteiger partial charge in [-0.3, -0.25) is 0 Å². The van der Waals surface area contributed by atoms with Crippen molar-refractivity contribution in [2.45, 2.75) is 37.4 Å². The predicted molar refractivity (Wildman–Crippen MR) is 107 cm³/mol. The van der Waals surface area contributed by atoms with E-state index >= 15 is 0 Å². The molecule has 0 amide bonds. The number of rotatable bonds is 7. The number of benzene rings is 2. The highest BCUT2D eigenvalue weighted by Crippen LogP contribution is 2.28. The van der Waals surface area contributed by atoms with Crippen molar-refractivity contribution in [1.82, 2.24) is 14.8 Å². The summed E-state index contributed by atoms with van der Waals surface area (Å²) in [5, 5.41) is 10.9. The molecule has 0 spiro atoms. The third-order valence-corrected chi connectivity index (χ3v) is 5.30. The second-order valence-corrected chi connectivity index (χ2v) is 7.54. The quantitative estimate of drug-likeness (QED) is 0.447. The maximum Gasteiger partial charge on any atom is 0.191 e. The van der Waals surface area contributed by atoms with E-state index in [9.17, 15) is 0 Å². The number of hydrogen-bond donors (Lipinski definition) is 0. The van der Waals surface area contributed by atoms with Crippen molar-refractivity contribution in [3.63, 3.8) is 0 Å². The van der Waals surface area contributed by atoms with Crippen LogP contribution in [0.3, 0.4) is 0 Å². The molecule has 1 atom stereocenters. The number of ether oxygens (including phenoxy) is 1. The fourth-order valence-corrected chi connectivity index (χ4v) is 3.92. The standard InChI is InChI=1S/C19H19Cl2N3OS/c1-3-24-18(13(2)25-17-9-5-8-16(21)11-17)22-23-19(24)26-12-14-6-4-7-15(20)10-14/h4-11,13H,3,12H2,1-2H3. The molecule has 0 aliphatic heterocycles. The molecule has 4 nitrogen and oxygen atoms in total. The molecule has 0 saturated carbocycles. The molecule has 0 bridgehead atoms. The Bertz CT molecular complexity index is 885. The highest BCUT2D eigenvalue weighted by Gasteiger charge is 2.19. The second kappa shape index (κ2) is 8.80. The summed E-state index contributed by atoms with van der Waals surface area (Å²) in [5.74, 6) is 2.28. The van der Waals surface area contributed by atoms with Gasteiger partial charge in [0, 0.05) is 22.3 Å². The fraction of sp³-hybridized carbons (Fsp3) is 0.263.